The van der Waals surface area contributed by atoms with Gasteiger partial charge in [0.2, 0.25) is 5.52 Å². The summed E-state index contributed by atoms with van der Waals surface area (Å²) in [5, 5.41) is 4.70. The molecule has 1 aliphatic heterocycles. The van der Waals surface area contributed by atoms with Crippen molar-refractivity contribution in [2.75, 3.05) is 6.54 Å². The maximum absolute atomic E-state index is 3.37. The van der Waals surface area contributed by atoms with Gasteiger partial charge >= 0.3 is 0 Å². The molecule has 1 unspecified atom stereocenters. The molecule has 2 aromatic rings. The van der Waals surface area contributed by atoms with Crippen LogP contribution in [-0.4, -0.2) is 6.54 Å². The summed E-state index contributed by atoms with van der Waals surface area (Å²) in [6, 6.07) is 12.0. The van der Waals surface area contributed by atoms with E-state index in [0.717, 1.165) is 6.54 Å². The van der Waals surface area contributed by atoms with Gasteiger partial charge in [-0.2, -0.15) is 4.57 Å². The summed E-state index contributed by atoms with van der Waals surface area (Å²) >= 11 is 0. The van der Waals surface area contributed by atoms with E-state index in [-0.39, 0.29) is 0 Å². The molecule has 1 atom stereocenters. The van der Waals surface area contributed by atoms with Gasteiger partial charge in [0, 0.05) is 23.6 Å². The number of para-hydroxylation sites is 1. The van der Waals surface area contributed by atoms with Gasteiger partial charge < -0.3 is 5.32 Å². The summed E-state index contributed by atoms with van der Waals surface area (Å²) in [5.41, 5.74) is 2.73. The molecule has 3 rings (SSSR count). The average molecular weight is 213 g/mol. The molecule has 0 saturated carbocycles. The van der Waals surface area contributed by atoms with Gasteiger partial charge in [0.05, 0.1) is 6.04 Å². The van der Waals surface area contributed by atoms with Crippen LogP contribution in [0.25, 0.3) is 10.9 Å². The second kappa shape index (κ2) is 3.56. The van der Waals surface area contributed by atoms with E-state index >= 15 is 0 Å². The van der Waals surface area contributed by atoms with Crippen LogP contribution in [0.1, 0.15) is 31.5 Å². The van der Waals surface area contributed by atoms with Gasteiger partial charge in [0.1, 0.15) is 0 Å². The zero-order valence-electron chi connectivity index (χ0n) is 9.77. The molecule has 1 aromatic carbocycles. The van der Waals surface area contributed by atoms with Gasteiger partial charge in [-0.05, 0) is 26.0 Å². The molecular formula is C14H17N2+. The molecule has 0 amide bonds. The number of fused-ring (bicyclic) bond motifs is 1. The fraction of sp³-hybridized carbons (Fsp3) is 0.357. The lowest BCUT2D eigenvalue weighted by Crippen LogP contribution is -2.37. The molecule has 0 radical (unpaired) electrons. The molecule has 82 valence electrons. The van der Waals surface area contributed by atoms with E-state index in [1.54, 1.807) is 0 Å². The summed E-state index contributed by atoms with van der Waals surface area (Å²) in [4.78, 5) is 0. The zero-order chi connectivity index (χ0) is 11.1. The smallest absolute Gasteiger partial charge is 0.212 e. The quantitative estimate of drug-likeness (QED) is 0.601. The predicted molar refractivity (Wildman–Crippen MR) is 65.3 cm³/mol. The summed E-state index contributed by atoms with van der Waals surface area (Å²) in [7, 11) is 0. The Labute approximate surface area is 95.9 Å². The first-order valence-corrected chi connectivity index (χ1v) is 5.93. The molecule has 2 nitrogen and oxygen atoms in total. The first kappa shape index (κ1) is 9.79. The molecule has 0 spiro atoms. The third-order valence-corrected chi connectivity index (χ3v) is 3.19. The van der Waals surface area contributed by atoms with Crippen molar-refractivity contribution in [3.8, 4) is 0 Å². The minimum atomic E-state index is 0.503. The van der Waals surface area contributed by atoms with Crippen molar-refractivity contribution in [1.29, 1.82) is 0 Å². The van der Waals surface area contributed by atoms with Crippen LogP contribution in [0.5, 0.6) is 0 Å². The molecule has 1 aromatic heterocycles. The maximum Gasteiger partial charge on any atom is 0.212 e. The highest BCUT2D eigenvalue weighted by Gasteiger charge is 2.26. The van der Waals surface area contributed by atoms with E-state index in [9.17, 15) is 0 Å². The number of nitrogens with one attached hydrogen (secondary N) is 1. The molecule has 2 heteroatoms. The van der Waals surface area contributed by atoms with Gasteiger partial charge in [-0.25, -0.2) is 0 Å². The van der Waals surface area contributed by atoms with Gasteiger partial charge in [0.25, 0.3) is 0 Å². The molecule has 2 heterocycles. The summed E-state index contributed by atoms with van der Waals surface area (Å²) in [6.07, 6.45) is 2.29. The number of benzene rings is 1. The van der Waals surface area contributed by atoms with E-state index in [4.69, 9.17) is 0 Å². The van der Waals surface area contributed by atoms with Crippen LogP contribution < -0.4 is 9.88 Å². The fourth-order valence-corrected chi connectivity index (χ4v) is 2.20. The van der Waals surface area contributed by atoms with Crippen molar-refractivity contribution in [2.24, 2.45) is 0 Å². The van der Waals surface area contributed by atoms with Crippen LogP contribution in [0, 0.1) is 0 Å². The van der Waals surface area contributed by atoms with Crippen LogP contribution in [0.15, 0.2) is 36.5 Å². The maximum atomic E-state index is 3.37. The third-order valence-electron chi connectivity index (χ3n) is 3.19. The van der Waals surface area contributed by atoms with E-state index in [1.165, 1.54) is 16.5 Å². The normalized spacial score (nSPS) is 19.3. The lowest BCUT2D eigenvalue weighted by atomic mass is 10.1. The van der Waals surface area contributed by atoms with Crippen molar-refractivity contribution in [3.05, 3.63) is 42.1 Å². The molecule has 1 N–H and O–H groups in total. The summed E-state index contributed by atoms with van der Waals surface area (Å²) in [6.45, 7) is 5.59. The van der Waals surface area contributed by atoms with Crippen molar-refractivity contribution in [1.82, 2.24) is 5.32 Å². The van der Waals surface area contributed by atoms with Crippen LogP contribution in [0.2, 0.25) is 0 Å². The first-order valence-electron chi connectivity index (χ1n) is 5.93. The lowest BCUT2D eigenvalue weighted by molar-refractivity contribution is -0.691. The van der Waals surface area contributed by atoms with Crippen molar-refractivity contribution >= 4 is 10.9 Å². The van der Waals surface area contributed by atoms with Crippen LogP contribution in [-0.2, 0) is 0 Å². The second-order valence-electron chi connectivity index (χ2n) is 4.79. The molecule has 0 aliphatic carbocycles. The Hall–Kier alpha value is -1.41. The Morgan fingerprint density at radius 1 is 1.31 bits per heavy atom. The van der Waals surface area contributed by atoms with Gasteiger partial charge in [-0.1, -0.05) is 12.1 Å². The van der Waals surface area contributed by atoms with Gasteiger partial charge in [-0.3, -0.25) is 0 Å². The Kier molecular flexibility index (Phi) is 2.18. The van der Waals surface area contributed by atoms with E-state index in [2.05, 4.69) is 60.3 Å². The van der Waals surface area contributed by atoms with Crippen molar-refractivity contribution in [2.45, 2.75) is 25.9 Å². The number of hydrogen-bond donors (Lipinski definition) is 1. The lowest BCUT2D eigenvalue weighted by Gasteiger charge is -2.06. The Morgan fingerprint density at radius 3 is 2.75 bits per heavy atom. The largest absolute Gasteiger partial charge is 0.307 e. The third kappa shape index (κ3) is 1.59. The Bertz CT molecular complexity index is 527. The molecule has 16 heavy (non-hydrogen) atoms. The Balaban J connectivity index is 2.26. The van der Waals surface area contributed by atoms with E-state index < -0.39 is 0 Å². The number of aromatic nitrogens is 1. The minimum Gasteiger partial charge on any atom is -0.307 e. The molecule has 1 saturated heterocycles. The molecule has 1 aliphatic rings. The summed E-state index contributed by atoms with van der Waals surface area (Å²) in [5.74, 6) is 0. The van der Waals surface area contributed by atoms with Gasteiger partial charge in [0.15, 0.2) is 12.2 Å². The highest BCUT2D eigenvalue weighted by Crippen LogP contribution is 2.23. The van der Waals surface area contributed by atoms with Crippen LogP contribution in [0.3, 0.4) is 0 Å². The van der Waals surface area contributed by atoms with Crippen molar-refractivity contribution < 1.29 is 4.57 Å². The number of nitrogens with zero attached hydrogens (tertiary/aromatic N) is 1. The van der Waals surface area contributed by atoms with E-state index in [1.807, 2.05) is 0 Å². The minimum absolute atomic E-state index is 0.503. The topological polar surface area (TPSA) is 25.8 Å². The monoisotopic (exact) mass is 213 g/mol. The van der Waals surface area contributed by atoms with Crippen molar-refractivity contribution in [3.63, 3.8) is 0 Å². The fourth-order valence-electron chi connectivity index (χ4n) is 2.20. The first-order chi connectivity index (χ1) is 7.75. The highest BCUT2D eigenvalue weighted by molar-refractivity contribution is 5.76. The van der Waals surface area contributed by atoms with Gasteiger partial charge in [-0.15, -0.1) is 0 Å². The predicted octanol–water partition coefficient (Wildman–Crippen LogP) is 2.35. The standard InChI is InChI=1S/C14H17N2/c1-10(2)16-9-12(13-8-15-13)7-11-5-3-4-6-14(11)16/h3-7,9-10,13,15H,8H2,1-2H3/q+1. The van der Waals surface area contributed by atoms with E-state index in [0.29, 0.717) is 12.1 Å². The molecule has 1 fully saturated rings. The number of pyridine rings is 1. The van der Waals surface area contributed by atoms with Crippen LogP contribution >= 0.6 is 0 Å². The molecular weight excluding hydrogens is 196 g/mol. The van der Waals surface area contributed by atoms with Crippen LogP contribution in [0.4, 0.5) is 0 Å². The average Bonchev–Trinajstić information content (AvgIpc) is 3.11. The SMILES string of the molecule is CC(C)[n+]1cc(C2CN2)cc2ccccc21. The Morgan fingerprint density at radius 2 is 2.06 bits per heavy atom. The molecule has 0 bridgehead atoms. The highest BCUT2D eigenvalue weighted by atomic mass is 15.1. The zero-order valence-corrected chi connectivity index (χ0v) is 9.77. The summed E-state index contributed by atoms with van der Waals surface area (Å²) < 4.78 is 2.37. The second-order valence-corrected chi connectivity index (χ2v) is 4.79. The number of hydrogen-bond acceptors (Lipinski definition) is 1. The number of rotatable bonds is 2.